The first-order valence-corrected chi connectivity index (χ1v) is 6.55. The largest absolute Gasteiger partial charge is 0.395 e. The summed E-state index contributed by atoms with van der Waals surface area (Å²) in [5, 5.41) is 12.2. The van der Waals surface area contributed by atoms with Gasteiger partial charge in [0.05, 0.1) is 12.8 Å². The van der Waals surface area contributed by atoms with Gasteiger partial charge < -0.3 is 14.5 Å². The van der Waals surface area contributed by atoms with Crippen LogP contribution in [0.2, 0.25) is 0 Å². The molecule has 1 amide bonds. The van der Waals surface area contributed by atoms with E-state index in [1.54, 1.807) is 18.0 Å². The monoisotopic (exact) mass is 284 g/mol. The van der Waals surface area contributed by atoms with E-state index in [2.05, 4.69) is 17.0 Å². The summed E-state index contributed by atoms with van der Waals surface area (Å²) in [5.41, 5.74) is 1.88. The molecule has 0 fully saturated rings. The molecule has 0 unspecified atom stereocenters. The fourth-order valence-corrected chi connectivity index (χ4v) is 1.77. The van der Waals surface area contributed by atoms with E-state index in [4.69, 9.17) is 9.63 Å². The van der Waals surface area contributed by atoms with E-state index in [9.17, 15) is 4.79 Å². The van der Waals surface area contributed by atoms with Crippen LogP contribution in [0, 0.1) is 11.8 Å². The van der Waals surface area contributed by atoms with Crippen LogP contribution in [-0.4, -0.2) is 34.7 Å². The number of rotatable bonds is 4. The van der Waals surface area contributed by atoms with Gasteiger partial charge in [0.1, 0.15) is 0 Å². The first kappa shape index (κ1) is 14.8. The summed E-state index contributed by atoms with van der Waals surface area (Å²) >= 11 is 0. The highest BCUT2D eigenvalue weighted by Crippen LogP contribution is 2.09. The van der Waals surface area contributed by atoms with Crippen LogP contribution in [0.25, 0.3) is 0 Å². The maximum atomic E-state index is 12.0. The fraction of sp³-hybridized carbons (Fsp3) is 0.250. The molecule has 0 spiro atoms. The number of aliphatic hydroxyl groups is 1. The minimum atomic E-state index is -0.209. The minimum Gasteiger partial charge on any atom is -0.395 e. The van der Waals surface area contributed by atoms with E-state index < -0.39 is 0 Å². The molecule has 0 aliphatic carbocycles. The highest BCUT2D eigenvalue weighted by molar-refractivity contribution is 5.91. The Labute approximate surface area is 123 Å². The molecule has 1 heterocycles. The van der Waals surface area contributed by atoms with Crippen LogP contribution in [0.15, 0.2) is 41.1 Å². The van der Waals surface area contributed by atoms with Crippen LogP contribution in [0.3, 0.4) is 0 Å². The summed E-state index contributed by atoms with van der Waals surface area (Å²) in [4.78, 5) is 13.6. The Balaban J connectivity index is 1.97. The van der Waals surface area contributed by atoms with Gasteiger partial charge in [0.25, 0.3) is 5.91 Å². The zero-order valence-electron chi connectivity index (χ0n) is 11.7. The lowest BCUT2D eigenvalue weighted by Gasteiger charge is -2.15. The lowest BCUT2D eigenvalue weighted by molar-refractivity contribution is 0.0743. The average molecular weight is 284 g/mol. The smallest absolute Gasteiger partial charge is 0.292 e. The van der Waals surface area contributed by atoms with Crippen molar-refractivity contribution in [2.24, 2.45) is 0 Å². The van der Waals surface area contributed by atoms with E-state index >= 15 is 0 Å². The Morgan fingerprint density at radius 3 is 2.71 bits per heavy atom. The summed E-state index contributed by atoms with van der Waals surface area (Å²) in [5.74, 6) is 5.84. The van der Waals surface area contributed by atoms with Crippen molar-refractivity contribution in [3.8, 4) is 11.8 Å². The van der Waals surface area contributed by atoms with Gasteiger partial charge in [-0.2, -0.15) is 0 Å². The van der Waals surface area contributed by atoms with E-state index in [0.29, 0.717) is 13.0 Å². The van der Waals surface area contributed by atoms with Gasteiger partial charge in [0.2, 0.25) is 5.76 Å². The Hall–Kier alpha value is -2.58. The molecule has 0 aliphatic rings. The Bertz CT molecular complexity index is 636. The SMILES string of the molecule is CN(Cc1ccc(C#CCCO)cc1)C(=O)c1ccno1. The van der Waals surface area contributed by atoms with Gasteiger partial charge in [-0.05, 0) is 17.7 Å². The van der Waals surface area contributed by atoms with Crippen LogP contribution in [0.5, 0.6) is 0 Å². The molecule has 5 nitrogen and oxygen atoms in total. The molecular formula is C16H16N2O3. The third-order valence-corrected chi connectivity index (χ3v) is 2.84. The van der Waals surface area contributed by atoms with Gasteiger partial charge in [-0.15, -0.1) is 0 Å². The molecule has 0 saturated carbocycles. The number of amides is 1. The van der Waals surface area contributed by atoms with Crippen LogP contribution < -0.4 is 0 Å². The Morgan fingerprint density at radius 1 is 1.33 bits per heavy atom. The van der Waals surface area contributed by atoms with Crippen LogP contribution >= 0.6 is 0 Å². The molecule has 108 valence electrons. The first-order valence-electron chi connectivity index (χ1n) is 6.55. The Kier molecular flexibility index (Phi) is 5.13. The van der Waals surface area contributed by atoms with Crippen molar-refractivity contribution in [1.29, 1.82) is 0 Å². The van der Waals surface area contributed by atoms with Crippen LogP contribution in [-0.2, 0) is 6.54 Å². The highest BCUT2D eigenvalue weighted by Gasteiger charge is 2.15. The maximum Gasteiger partial charge on any atom is 0.292 e. The van der Waals surface area contributed by atoms with E-state index in [1.165, 1.54) is 6.20 Å². The average Bonchev–Trinajstić information content (AvgIpc) is 3.02. The molecule has 0 atom stereocenters. The number of carbonyl (C=O) groups is 1. The van der Waals surface area contributed by atoms with Crippen LogP contribution in [0.1, 0.15) is 28.1 Å². The predicted molar refractivity (Wildman–Crippen MR) is 77.3 cm³/mol. The van der Waals surface area contributed by atoms with Crippen molar-refractivity contribution in [2.45, 2.75) is 13.0 Å². The van der Waals surface area contributed by atoms with Gasteiger partial charge in [-0.3, -0.25) is 4.79 Å². The topological polar surface area (TPSA) is 66.6 Å². The number of hydrogen-bond acceptors (Lipinski definition) is 4. The molecule has 2 rings (SSSR count). The zero-order chi connectivity index (χ0) is 15.1. The van der Waals surface area contributed by atoms with Gasteiger partial charge in [-0.1, -0.05) is 29.1 Å². The Morgan fingerprint density at radius 2 is 2.10 bits per heavy atom. The van der Waals surface area contributed by atoms with Gasteiger partial charge in [0.15, 0.2) is 0 Å². The highest BCUT2D eigenvalue weighted by atomic mass is 16.5. The van der Waals surface area contributed by atoms with Gasteiger partial charge in [-0.25, -0.2) is 0 Å². The predicted octanol–water partition coefficient (Wildman–Crippen LogP) is 1.68. The molecule has 0 aliphatic heterocycles. The summed E-state index contributed by atoms with van der Waals surface area (Å²) in [7, 11) is 1.71. The van der Waals surface area contributed by atoms with Crippen molar-refractivity contribution in [2.75, 3.05) is 13.7 Å². The van der Waals surface area contributed by atoms with Crippen molar-refractivity contribution in [1.82, 2.24) is 10.1 Å². The van der Waals surface area contributed by atoms with E-state index in [0.717, 1.165) is 11.1 Å². The second-order valence-electron chi connectivity index (χ2n) is 4.51. The molecule has 1 aromatic carbocycles. The third-order valence-electron chi connectivity index (χ3n) is 2.84. The van der Waals surface area contributed by atoms with E-state index in [-0.39, 0.29) is 18.3 Å². The second-order valence-corrected chi connectivity index (χ2v) is 4.51. The molecular weight excluding hydrogens is 268 g/mol. The molecule has 0 saturated heterocycles. The minimum absolute atomic E-state index is 0.0691. The number of aliphatic hydroxyl groups excluding tert-OH is 1. The summed E-state index contributed by atoms with van der Waals surface area (Å²) in [6, 6.07) is 9.18. The van der Waals surface area contributed by atoms with E-state index in [1.807, 2.05) is 24.3 Å². The molecule has 0 radical (unpaired) electrons. The fourth-order valence-electron chi connectivity index (χ4n) is 1.77. The summed E-state index contributed by atoms with van der Waals surface area (Å²) in [6.07, 6.45) is 1.91. The molecule has 1 aromatic heterocycles. The number of carbonyl (C=O) groups excluding carboxylic acids is 1. The van der Waals surface area contributed by atoms with Crippen molar-refractivity contribution in [3.05, 3.63) is 53.4 Å². The number of nitrogens with zero attached hydrogens (tertiary/aromatic N) is 2. The van der Waals surface area contributed by atoms with Crippen molar-refractivity contribution >= 4 is 5.91 Å². The molecule has 1 N–H and O–H groups in total. The first-order chi connectivity index (χ1) is 10.2. The third kappa shape index (κ3) is 4.20. The molecule has 2 aromatic rings. The summed E-state index contributed by atoms with van der Waals surface area (Å²) in [6.45, 7) is 0.545. The maximum absolute atomic E-state index is 12.0. The number of hydrogen-bond donors (Lipinski definition) is 1. The standard InChI is InChI=1S/C16H16N2O3/c1-18(16(20)15-9-10-17-21-15)12-14-7-5-13(6-8-14)4-2-3-11-19/h5-10,19H,3,11-12H2,1H3. The molecule has 5 heteroatoms. The lowest BCUT2D eigenvalue weighted by Crippen LogP contribution is -2.25. The lowest BCUT2D eigenvalue weighted by atomic mass is 10.1. The quantitative estimate of drug-likeness (QED) is 0.867. The van der Waals surface area contributed by atoms with Crippen LogP contribution in [0.4, 0.5) is 0 Å². The summed E-state index contributed by atoms with van der Waals surface area (Å²) < 4.78 is 4.85. The van der Waals surface area contributed by atoms with Gasteiger partial charge >= 0.3 is 0 Å². The molecule has 21 heavy (non-hydrogen) atoms. The number of aromatic nitrogens is 1. The van der Waals surface area contributed by atoms with Crippen molar-refractivity contribution in [3.63, 3.8) is 0 Å². The second kappa shape index (κ2) is 7.27. The number of benzene rings is 1. The normalized spacial score (nSPS) is 9.81. The van der Waals surface area contributed by atoms with Gasteiger partial charge in [0, 0.05) is 31.6 Å². The van der Waals surface area contributed by atoms with Crippen molar-refractivity contribution < 1.29 is 14.4 Å². The zero-order valence-corrected chi connectivity index (χ0v) is 11.7. The molecule has 0 bridgehead atoms.